The number of aromatic nitrogens is 2. The Balaban J connectivity index is 1.72. The fourth-order valence-corrected chi connectivity index (χ4v) is 2.97. The molecule has 0 saturated carbocycles. The number of aryl methyl sites for hydroxylation is 1. The summed E-state index contributed by atoms with van der Waals surface area (Å²) in [6, 6.07) is 12.6. The minimum atomic E-state index is -1.11. The van der Waals surface area contributed by atoms with E-state index in [1.807, 2.05) is 0 Å². The second-order valence-electron chi connectivity index (χ2n) is 6.51. The van der Waals surface area contributed by atoms with Gasteiger partial charge in [0.05, 0.1) is 11.7 Å². The van der Waals surface area contributed by atoms with Crippen molar-refractivity contribution in [3.05, 3.63) is 94.5 Å². The predicted molar refractivity (Wildman–Crippen MR) is 108 cm³/mol. The Labute approximate surface area is 169 Å². The normalized spacial score (nSPS) is 10.8. The van der Waals surface area contributed by atoms with E-state index in [-0.39, 0.29) is 11.1 Å². The average Bonchev–Trinajstić information content (AvgIpc) is 2.74. The number of amides is 1. The van der Waals surface area contributed by atoms with E-state index in [1.54, 1.807) is 43.6 Å². The molecule has 0 fully saturated rings. The molecule has 0 saturated heterocycles. The van der Waals surface area contributed by atoms with Gasteiger partial charge >= 0.3 is 0 Å². The first-order valence-electron chi connectivity index (χ1n) is 8.90. The maximum atomic E-state index is 13.4. The molecule has 2 heterocycles. The lowest BCUT2D eigenvalue weighted by Crippen LogP contribution is -2.17. The van der Waals surface area contributed by atoms with Crippen molar-refractivity contribution >= 4 is 22.5 Å². The number of pyridine rings is 2. The number of nitrogens with zero attached hydrogens (tertiary/aromatic N) is 2. The maximum Gasteiger partial charge on any atom is 0.255 e. The van der Waals surface area contributed by atoms with E-state index in [9.17, 15) is 18.4 Å². The van der Waals surface area contributed by atoms with Gasteiger partial charge in [-0.3, -0.25) is 14.6 Å². The SMILES string of the molecule is Cn1c(=O)cc(Oc2cccnc2)c2cc(NC(=O)c3ccc(F)c(F)c3)ccc21. The van der Waals surface area contributed by atoms with Gasteiger partial charge in [0.15, 0.2) is 11.6 Å². The molecule has 1 amide bonds. The van der Waals surface area contributed by atoms with Crippen molar-refractivity contribution in [1.82, 2.24) is 9.55 Å². The molecule has 4 aromatic rings. The lowest BCUT2D eigenvalue weighted by Gasteiger charge is -2.13. The lowest BCUT2D eigenvalue weighted by atomic mass is 10.1. The highest BCUT2D eigenvalue weighted by atomic mass is 19.2. The summed E-state index contributed by atoms with van der Waals surface area (Å²) in [5, 5.41) is 3.21. The zero-order valence-electron chi connectivity index (χ0n) is 15.7. The topological polar surface area (TPSA) is 73.2 Å². The highest BCUT2D eigenvalue weighted by Gasteiger charge is 2.13. The molecule has 6 nitrogen and oxygen atoms in total. The van der Waals surface area contributed by atoms with Gasteiger partial charge in [0.1, 0.15) is 11.5 Å². The average molecular weight is 407 g/mol. The van der Waals surface area contributed by atoms with Crippen LogP contribution in [0.4, 0.5) is 14.5 Å². The summed E-state index contributed by atoms with van der Waals surface area (Å²) in [6.07, 6.45) is 3.11. The standard InChI is InChI=1S/C22H15F2N3O3/c1-27-19-7-5-14(26-22(29)13-4-6-17(23)18(24)9-13)10-16(19)20(11-21(27)28)30-15-3-2-8-25-12-15/h2-12H,1H3,(H,26,29). The summed E-state index contributed by atoms with van der Waals surface area (Å²) < 4.78 is 33.8. The molecular weight excluding hydrogens is 392 g/mol. The number of halogens is 2. The third-order valence-corrected chi connectivity index (χ3v) is 4.51. The summed E-state index contributed by atoms with van der Waals surface area (Å²) in [5.41, 5.74) is 0.695. The van der Waals surface area contributed by atoms with Gasteiger partial charge in [-0.15, -0.1) is 0 Å². The van der Waals surface area contributed by atoms with Gasteiger partial charge in [0, 0.05) is 35.9 Å². The molecule has 0 unspecified atom stereocenters. The number of hydrogen-bond acceptors (Lipinski definition) is 4. The number of rotatable bonds is 4. The molecule has 0 spiro atoms. The van der Waals surface area contributed by atoms with Crippen molar-refractivity contribution < 1.29 is 18.3 Å². The number of nitrogens with one attached hydrogen (secondary N) is 1. The first kappa shape index (κ1) is 19.3. The second kappa shape index (κ2) is 7.75. The Morgan fingerprint density at radius 2 is 1.90 bits per heavy atom. The molecular formula is C22H15F2N3O3. The number of hydrogen-bond donors (Lipinski definition) is 1. The summed E-state index contributed by atoms with van der Waals surface area (Å²) in [6.45, 7) is 0. The molecule has 0 aliphatic rings. The number of anilines is 1. The Hall–Kier alpha value is -4.07. The van der Waals surface area contributed by atoms with Gasteiger partial charge in [0.25, 0.3) is 11.5 Å². The van der Waals surface area contributed by atoms with Crippen LogP contribution in [-0.2, 0) is 7.05 Å². The van der Waals surface area contributed by atoms with Crippen molar-refractivity contribution in [3.63, 3.8) is 0 Å². The number of carbonyl (C=O) groups is 1. The summed E-state index contributed by atoms with van der Waals surface area (Å²) in [7, 11) is 1.62. The molecule has 0 radical (unpaired) electrons. The zero-order chi connectivity index (χ0) is 21.3. The third kappa shape index (κ3) is 3.75. The van der Waals surface area contributed by atoms with E-state index in [0.29, 0.717) is 28.1 Å². The molecule has 0 aliphatic heterocycles. The minimum absolute atomic E-state index is 0.0266. The Kier molecular flexibility index (Phi) is 4.97. The fourth-order valence-electron chi connectivity index (χ4n) is 2.97. The summed E-state index contributed by atoms with van der Waals surface area (Å²) in [4.78, 5) is 28.7. The van der Waals surface area contributed by atoms with Crippen LogP contribution in [0.5, 0.6) is 11.5 Å². The smallest absolute Gasteiger partial charge is 0.255 e. The Morgan fingerprint density at radius 3 is 2.63 bits per heavy atom. The maximum absolute atomic E-state index is 13.4. The number of carbonyl (C=O) groups excluding carboxylic acids is 1. The first-order valence-corrected chi connectivity index (χ1v) is 8.90. The van der Waals surface area contributed by atoms with Crippen molar-refractivity contribution in [2.75, 3.05) is 5.32 Å². The van der Waals surface area contributed by atoms with Crippen LogP contribution in [0, 0.1) is 11.6 Å². The molecule has 8 heteroatoms. The third-order valence-electron chi connectivity index (χ3n) is 4.51. The molecule has 150 valence electrons. The molecule has 1 N–H and O–H groups in total. The Bertz CT molecular complexity index is 1320. The summed E-state index contributed by atoms with van der Waals surface area (Å²) in [5.74, 6) is -2.00. The van der Waals surface area contributed by atoms with Crippen LogP contribution in [-0.4, -0.2) is 15.5 Å². The van der Waals surface area contributed by atoms with Crippen LogP contribution in [0.2, 0.25) is 0 Å². The fraction of sp³-hybridized carbons (Fsp3) is 0.0455. The van der Waals surface area contributed by atoms with E-state index in [4.69, 9.17) is 4.74 Å². The molecule has 0 atom stereocenters. The highest BCUT2D eigenvalue weighted by molar-refractivity contribution is 6.05. The van der Waals surface area contributed by atoms with E-state index >= 15 is 0 Å². The summed E-state index contributed by atoms with van der Waals surface area (Å²) >= 11 is 0. The highest BCUT2D eigenvalue weighted by Crippen LogP contribution is 2.30. The first-order chi connectivity index (χ1) is 14.4. The van der Waals surface area contributed by atoms with E-state index in [2.05, 4.69) is 10.3 Å². The van der Waals surface area contributed by atoms with Crippen LogP contribution < -0.4 is 15.6 Å². The van der Waals surface area contributed by atoms with Gasteiger partial charge in [-0.1, -0.05) is 0 Å². The minimum Gasteiger partial charge on any atom is -0.455 e. The van der Waals surface area contributed by atoms with Crippen LogP contribution in [0.15, 0.2) is 71.8 Å². The van der Waals surface area contributed by atoms with Gasteiger partial charge in [-0.05, 0) is 48.5 Å². The number of fused-ring (bicyclic) bond motifs is 1. The second-order valence-corrected chi connectivity index (χ2v) is 6.51. The molecule has 2 aromatic heterocycles. The number of benzene rings is 2. The lowest BCUT2D eigenvalue weighted by molar-refractivity contribution is 0.102. The van der Waals surface area contributed by atoms with Crippen molar-refractivity contribution in [3.8, 4) is 11.5 Å². The molecule has 30 heavy (non-hydrogen) atoms. The van der Waals surface area contributed by atoms with Crippen molar-refractivity contribution in [2.24, 2.45) is 7.05 Å². The van der Waals surface area contributed by atoms with E-state index < -0.39 is 17.5 Å². The largest absolute Gasteiger partial charge is 0.455 e. The molecule has 0 aliphatic carbocycles. The van der Waals surface area contributed by atoms with Crippen molar-refractivity contribution in [1.29, 1.82) is 0 Å². The molecule has 4 rings (SSSR count). The van der Waals surface area contributed by atoms with E-state index in [1.165, 1.54) is 22.9 Å². The quantitative estimate of drug-likeness (QED) is 0.549. The predicted octanol–water partition coefficient (Wildman–Crippen LogP) is 4.26. The van der Waals surface area contributed by atoms with Gasteiger partial charge in [-0.2, -0.15) is 0 Å². The van der Waals surface area contributed by atoms with Crippen LogP contribution in [0.1, 0.15) is 10.4 Å². The molecule has 2 aromatic carbocycles. The monoisotopic (exact) mass is 407 g/mol. The number of ether oxygens (including phenoxy) is 1. The van der Waals surface area contributed by atoms with Crippen LogP contribution >= 0.6 is 0 Å². The van der Waals surface area contributed by atoms with Crippen LogP contribution in [0.25, 0.3) is 10.9 Å². The zero-order valence-corrected chi connectivity index (χ0v) is 15.7. The van der Waals surface area contributed by atoms with Gasteiger partial charge < -0.3 is 14.6 Å². The Morgan fingerprint density at radius 1 is 1.07 bits per heavy atom. The van der Waals surface area contributed by atoms with Gasteiger partial charge in [0.2, 0.25) is 0 Å². The van der Waals surface area contributed by atoms with Crippen LogP contribution in [0.3, 0.4) is 0 Å². The van der Waals surface area contributed by atoms with E-state index in [0.717, 1.165) is 12.1 Å². The molecule has 0 bridgehead atoms. The van der Waals surface area contributed by atoms with Gasteiger partial charge in [-0.25, -0.2) is 8.78 Å². The van der Waals surface area contributed by atoms with Crippen molar-refractivity contribution in [2.45, 2.75) is 0 Å².